The van der Waals surface area contributed by atoms with Crippen LogP contribution in [0.25, 0.3) is 0 Å². The largest absolute Gasteiger partial charge is 0.506 e. The number of carbonyl (C=O) groups excluding carboxylic acids is 5. The number of benzene rings is 2. The number of Topliss-reactive ketones (excluding diaryl/α,β-unsaturated/α-hetero) is 4. The molecule has 0 aromatic heterocycles. The summed E-state index contributed by atoms with van der Waals surface area (Å²) in [6.45, 7) is 1.90. The summed E-state index contributed by atoms with van der Waals surface area (Å²) in [5.41, 5.74) is 4.77. The van der Waals surface area contributed by atoms with E-state index in [1.807, 2.05) is 6.92 Å². The molecule has 0 bridgehead atoms. The van der Waals surface area contributed by atoms with E-state index < -0.39 is 64.4 Å². The number of aliphatic hydroxyl groups is 1. The van der Waals surface area contributed by atoms with E-state index in [0.717, 1.165) is 5.56 Å². The number of phenols is 1. The molecule has 3 aliphatic carbocycles. The van der Waals surface area contributed by atoms with Crippen LogP contribution < -0.4 is 10.5 Å². The van der Waals surface area contributed by atoms with E-state index >= 15 is 0 Å². The second-order valence-electron chi connectivity index (χ2n) is 11.4. The molecule has 6 atom stereocenters. The van der Waals surface area contributed by atoms with Crippen LogP contribution in [-0.2, 0) is 32.0 Å². The Morgan fingerprint density at radius 3 is 2.36 bits per heavy atom. The van der Waals surface area contributed by atoms with E-state index in [1.54, 1.807) is 51.5 Å². The van der Waals surface area contributed by atoms with Crippen LogP contribution in [-0.4, -0.2) is 77.0 Å². The Balaban J connectivity index is 1.60. The van der Waals surface area contributed by atoms with Crippen LogP contribution in [0, 0.1) is 35.5 Å². The molecule has 218 valence electrons. The van der Waals surface area contributed by atoms with Crippen molar-refractivity contribution in [2.24, 2.45) is 29.4 Å². The van der Waals surface area contributed by atoms with Crippen LogP contribution in [0.5, 0.6) is 11.5 Å². The molecule has 0 radical (unpaired) electrons. The maximum Gasteiger partial charge on any atom is 0.235 e. The first kappa shape index (κ1) is 29.2. The normalized spacial score (nSPS) is 28.4. The van der Waals surface area contributed by atoms with E-state index in [9.17, 15) is 34.2 Å². The maximum absolute atomic E-state index is 14.0. The Morgan fingerprint density at radius 1 is 1.12 bits per heavy atom. The van der Waals surface area contributed by atoms with Gasteiger partial charge >= 0.3 is 0 Å². The number of aryl methyl sites for hydroxylation is 1. The minimum absolute atomic E-state index is 0.00678. The van der Waals surface area contributed by atoms with Crippen molar-refractivity contribution in [3.63, 3.8) is 0 Å². The summed E-state index contributed by atoms with van der Waals surface area (Å²) in [5.74, 6) is -4.19. The number of aromatic hydroxyl groups is 1. The van der Waals surface area contributed by atoms with E-state index in [4.69, 9.17) is 10.5 Å². The van der Waals surface area contributed by atoms with Gasteiger partial charge in [-0.1, -0.05) is 18.8 Å². The molecule has 1 amide bonds. The summed E-state index contributed by atoms with van der Waals surface area (Å²) in [6.07, 6.45) is 0.741. The van der Waals surface area contributed by atoms with Crippen LogP contribution in [0.3, 0.4) is 0 Å². The molecule has 10 nitrogen and oxygen atoms in total. The number of primary amides is 1. The molecule has 2 aromatic rings. The first-order valence-electron chi connectivity index (χ1n) is 13.7. The van der Waals surface area contributed by atoms with Crippen LogP contribution in [0.1, 0.15) is 46.0 Å². The van der Waals surface area contributed by atoms with Gasteiger partial charge in [-0.25, -0.2) is 0 Å². The number of carbonyl (C=O) groups is 5. The summed E-state index contributed by atoms with van der Waals surface area (Å²) in [7, 11) is 4.66. The fourth-order valence-electron chi connectivity index (χ4n) is 6.97. The highest BCUT2D eigenvalue weighted by Gasteiger charge is 2.69. The van der Waals surface area contributed by atoms with E-state index in [-0.39, 0.29) is 29.7 Å². The SMILES string of the molecule is CCc1cc(C#Cc2ccc(OC)cc2)c(O)c2c1C[C@H]1C[C@H]3[C@H](N(C)C)C(=O)C(C(N)=O)C(=O)[C@@]3(O)C(=O)C1C2=O. The van der Waals surface area contributed by atoms with Crippen molar-refractivity contribution in [1.82, 2.24) is 4.90 Å². The second-order valence-corrected chi connectivity index (χ2v) is 11.4. The van der Waals surface area contributed by atoms with Crippen LogP contribution in [0.15, 0.2) is 30.3 Å². The summed E-state index contributed by atoms with van der Waals surface area (Å²) in [6, 6.07) is 7.58. The smallest absolute Gasteiger partial charge is 0.235 e. The fraction of sp³-hybridized carbons (Fsp3) is 0.406. The molecule has 2 fully saturated rings. The minimum atomic E-state index is -2.76. The number of likely N-dealkylation sites (N-methyl/N-ethyl adjacent to an activating group) is 1. The molecule has 0 heterocycles. The lowest BCUT2D eigenvalue weighted by Crippen LogP contribution is -2.74. The Bertz CT molecular complexity index is 1600. The monoisotopic (exact) mass is 572 g/mol. The average Bonchev–Trinajstić information content (AvgIpc) is 2.94. The molecule has 0 saturated heterocycles. The topological polar surface area (TPSA) is 164 Å². The lowest BCUT2D eigenvalue weighted by Gasteiger charge is -2.52. The Morgan fingerprint density at radius 2 is 1.79 bits per heavy atom. The third-order valence-electron chi connectivity index (χ3n) is 8.97. The third-order valence-corrected chi connectivity index (χ3v) is 8.97. The molecule has 0 aliphatic heterocycles. The molecule has 10 heteroatoms. The molecule has 42 heavy (non-hydrogen) atoms. The van der Waals surface area contributed by atoms with Crippen LogP contribution in [0.2, 0.25) is 0 Å². The van der Waals surface area contributed by atoms with Gasteiger partial charge in [0.2, 0.25) is 5.91 Å². The summed E-state index contributed by atoms with van der Waals surface area (Å²) in [5, 5.41) is 23.0. The van der Waals surface area contributed by atoms with Gasteiger partial charge in [-0.3, -0.25) is 28.9 Å². The highest BCUT2D eigenvalue weighted by atomic mass is 16.5. The second kappa shape index (κ2) is 10.5. The fourth-order valence-corrected chi connectivity index (χ4v) is 6.97. The van der Waals surface area contributed by atoms with Crippen LogP contribution in [0.4, 0.5) is 0 Å². The zero-order valence-electron chi connectivity index (χ0n) is 23.8. The van der Waals surface area contributed by atoms with Gasteiger partial charge in [-0.05, 0) is 80.7 Å². The number of nitrogens with zero attached hydrogens (tertiary/aromatic N) is 1. The quantitative estimate of drug-likeness (QED) is 0.356. The van der Waals surface area contributed by atoms with Gasteiger partial charge in [0.1, 0.15) is 11.5 Å². The highest BCUT2D eigenvalue weighted by Crippen LogP contribution is 2.51. The molecule has 2 unspecified atom stereocenters. The van der Waals surface area contributed by atoms with Crippen molar-refractivity contribution in [3.8, 4) is 23.3 Å². The molecule has 2 saturated carbocycles. The number of ether oxygens (including phenoxy) is 1. The standard InChI is InChI=1S/C32H32N2O8/c1-5-16-12-17(9-6-15-7-10-19(42-4)11-8-15)26(35)23-20(16)13-18-14-21-25(34(2)3)28(37)24(31(33)40)30(39)32(21,41)29(38)22(18)27(23)36/h7-8,10-12,18,21-22,24-25,35,41H,5,13-14H2,1-4H3,(H2,33,40)/t18-,21-,22?,24?,25-,32-/m0/s1. The van der Waals surface area contributed by atoms with Gasteiger partial charge in [0.25, 0.3) is 0 Å². The number of phenolic OH excluding ortho intramolecular Hbond substituents is 1. The van der Waals surface area contributed by atoms with E-state index in [1.165, 1.54) is 4.90 Å². The molecular formula is C32H32N2O8. The van der Waals surface area contributed by atoms with Gasteiger partial charge in [0, 0.05) is 11.5 Å². The maximum atomic E-state index is 14.0. The number of hydrogen-bond donors (Lipinski definition) is 3. The van der Waals surface area contributed by atoms with Gasteiger partial charge in [0.05, 0.1) is 30.2 Å². The van der Waals surface area contributed by atoms with E-state index in [0.29, 0.717) is 23.3 Å². The lowest BCUT2D eigenvalue weighted by atomic mass is 9.52. The Hall–Kier alpha value is -4.33. The van der Waals surface area contributed by atoms with Crippen molar-refractivity contribution in [2.75, 3.05) is 21.2 Å². The van der Waals surface area contributed by atoms with Crippen molar-refractivity contribution >= 4 is 29.0 Å². The van der Waals surface area contributed by atoms with Gasteiger partial charge in [-0.15, -0.1) is 0 Å². The zero-order chi connectivity index (χ0) is 30.7. The third kappa shape index (κ3) is 4.23. The van der Waals surface area contributed by atoms with Crippen molar-refractivity contribution in [1.29, 1.82) is 0 Å². The summed E-state index contributed by atoms with van der Waals surface area (Å²) < 4.78 is 5.16. The van der Waals surface area contributed by atoms with Crippen molar-refractivity contribution in [3.05, 3.63) is 58.1 Å². The number of fused-ring (bicyclic) bond motifs is 3. The zero-order valence-corrected chi connectivity index (χ0v) is 23.8. The highest BCUT2D eigenvalue weighted by molar-refractivity contribution is 6.32. The molecule has 4 N–H and O–H groups in total. The van der Waals surface area contributed by atoms with Crippen molar-refractivity contribution < 1.29 is 38.9 Å². The number of amides is 1. The van der Waals surface area contributed by atoms with Gasteiger partial charge in [0.15, 0.2) is 34.7 Å². The molecule has 5 rings (SSSR count). The first-order valence-corrected chi connectivity index (χ1v) is 13.7. The molecule has 2 aromatic carbocycles. The predicted octanol–water partition coefficient (Wildman–Crippen LogP) is 0.838. The number of nitrogens with two attached hydrogens (primary N) is 1. The molecule has 0 spiro atoms. The molecule has 3 aliphatic rings. The summed E-state index contributed by atoms with van der Waals surface area (Å²) in [4.78, 5) is 68.3. The van der Waals surface area contributed by atoms with Gasteiger partial charge < -0.3 is 20.7 Å². The summed E-state index contributed by atoms with van der Waals surface area (Å²) >= 11 is 0. The minimum Gasteiger partial charge on any atom is -0.506 e. The average molecular weight is 573 g/mol. The Kier molecular flexibility index (Phi) is 7.29. The van der Waals surface area contributed by atoms with Gasteiger partial charge in [-0.2, -0.15) is 0 Å². The predicted molar refractivity (Wildman–Crippen MR) is 150 cm³/mol. The lowest BCUT2D eigenvalue weighted by molar-refractivity contribution is -0.181. The number of ketones is 4. The number of rotatable bonds is 4. The number of methoxy groups -OCH3 is 1. The number of hydrogen-bond acceptors (Lipinski definition) is 9. The van der Waals surface area contributed by atoms with E-state index in [2.05, 4.69) is 11.8 Å². The molecular weight excluding hydrogens is 540 g/mol. The Labute approximate surface area is 242 Å². The van der Waals surface area contributed by atoms with Crippen molar-refractivity contribution in [2.45, 2.75) is 37.8 Å². The van der Waals surface area contributed by atoms with Crippen LogP contribution >= 0.6 is 0 Å². The first-order chi connectivity index (χ1) is 19.9.